The van der Waals surface area contributed by atoms with Gasteiger partial charge in [-0.1, -0.05) is 12.1 Å². The Morgan fingerprint density at radius 2 is 2.04 bits per heavy atom. The summed E-state index contributed by atoms with van der Waals surface area (Å²) in [5.74, 6) is 1.32. The van der Waals surface area contributed by atoms with Crippen molar-refractivity contribution in [1.82, 2.24) is 9.55 Å². The molecule has 0 radical (unpaired) electrons. The zero-order chi connectivity index (χ0) is 19.0. The smallest absolute Gasteiger partial charge is 0.226 e. The minimum absolute atomic E-state index is 0.0370. The zero-order valence-corrected chi connectivity index (χ0v) is 15.0. The minimum Gasteiger partial charge on any atom is -0.504 e. The van der Waals surface area contributed by atoms with Crippen molar-refractivity contribution in [3.63, 3.8) is 0 Å². The van der Waals surface area contributed by atoms with Gasteiger partial charge in [0.15, 0.2) is 17.3 Å². The Bertz CT molecular complexity index is 1010. The molecule has 0 bridgehead atoms. The molecule has 0 spiro atoms. The van der Waals surface area contributed by atoms with Crippen LogP contribution in [0, 0.1) is 0 Å². The van der Waals surface area contributed by atoms with Crippen LogP contribution in [0.3, 0.4) is 0 Å². The lowest BCUT2D eigenvalue weighted by Gasteiger charge is -2.25. The van der Waals surface area contributed by atoms with E-state index in [0.717, 1.165) is 22.7 Å². The Balaban J connectivity index is 1.84. The summed E-state index contributed by atoms with van der Waals surface area (Å²) in [6.45, 7) is 0. The van der Waals surface area contributed by atoms with E-state index < -0.39 is 0 Å². The molecule has 1 aliphatic rings. The van der Waals surface area contributed by atoms with Gasteiger partial charge in [0, 0.05) is 18.4 Å². The number of fused-ring (bicyclic) bond motifs is 1. The van der Waals surface area contributed by atoms with E-state index in [0.29, 0.717) is 11.6 Å². The Labute approximate surface area is 156 Å². The average Bonchev–Trinajstić information content (AvgIpc) is 3.11. The fourth-order valence-corrected chi connectivity index (χ4v) is 3.42. The largest absolute Gasteiger partial charge is 0.504 e. The number of methoxy groups -OCH3 is 2. The number of aromatic nitrogens is 2. The molecule has 1 aliphatic heterocycles. The molecule has 27 heavy (non-hydrogen) atoms. The number of carbonyl (C=O) groups is 1. The molecule has 138 valence electrons. The molecule has 7 heteroatoms. The normalized spacial score (nSPS) is 15.8. The molecule has 0 saturated carbocycles. The predicted molar refractivity (Wildman–Crippen MR) is 99.9 cm³/mol. The fraction of sp³-hybridized carbons (Fsp3) is 0.200. The van der Waals surface area contributed by atoms with Crippen LogP contribution in [0.4, 0.5) is 5.82 Å². The summed E-state index contributed by atoms with van der Waals surface area (Å²) >= 11 is 0. The number of anilines is 1. The summed E-state index contributed by atoms with van der Waals surface area (Å²) in [6.07, 6.45) is 1.94. The highest BCUT2D eigenvalue weighted by molar-refractivity contribution is 5.94. The lowest BCUT2D eigenvalue weighted by molar-refractivity contribution is -0.116. The van der Waals surface area contributed by atoms with Gasteiger partial charge in [0.25, 0.3) is 0 Å². The number of nitrogens with one attached hydrogen (secondary N) is 1. The van der Waals surface area contributed by atoms with Gasteiger partial charge in [0.05, 0.1) is 25.6 Å². The molecule has 0 fully saturated rings. The number of aromatic hydroxyl groups is 1. The molecule has 1 aromatic heterocycles. The second-order valence-electron chi connectivity index (χ2n) is 6.29. The van der Waals surface area contributed by atoms with Crippen LogP contribution < -0.4 is 14.8 Å². The number of ether oxygens (including phenoxy) is 2. The lowest BCUT2D eigenvalue weighted by Crippen LogP contribution is -2.25. The number of imidazole rings is 1. The van der Waals surface area contributed by atoms with Crippen molar-refractivity contribution in [2.75, 3.05) is 19.5 Å². The predicted octanol–water partition coefficient (Wildman–Crippen LogP) is 3.07. The molecule has 1 amide bonds. The van der Waals surface area contributed by atoms with E-state index >= 15 is 0 Å². The molecule has 0 saturated heterocycles. The standard InChI is InChI=1S/C20H19N3O4/c1-26-14-5-3-4-13(9-14)23-11-21-20-19(23)15(10-18(25)22-20)12-6-7-17(27-2)16(24)8-12/h3-9,11,15,24H,10H2,1-2H3,(H,22,25)/t15-/m1/s1. The van der Waals surface area contributed by atoms with Crippen molar-refractivity contribution in [1.29, 1.82) is 0 Å². The molecular weight excluding hydrogens is 346 g/mol. The Hall–Kier alpha value is -3.48. The maximum atomic E-state index is 12.2. The summed E-state index contributed by atoms with van der Waals surface area (Å²) in [5.41, 5.74) is 2.54. The van der Waals surface area contributed by atoms with Crippen molar-refractivity contribution in [3.8, 4) is 22.9 Å². The third kappa shape index (κ3) is 2.97. The molecule has 2 aromatic carbocycles. The van der Waals surface area contributed by atoms with E-state index in [1.165, 1.54) is 7.11 Å². The Morgan fingerprint density at radius 3 is 2.78 bits per heavy atom. The number of benzene rings is 2. The van der Waals surface area contributed by atoms with Crippen molar-refractivity contribution < 1.29 is 19.4 Å². The second kappa shape index (κ2) is 6.68. The van der Waals surface area contributed by atoms with Gasteiger partial charge in [-0.15, -0.1) is 0 Å². The summed E-state index contributed by atoms with van der Waals surface area (Å²) < 4.78 is 12.4. The quantitative estimate of drug-likeness (QED) is 0.742. The summed E-state index contributed by atoms with van der Waals surface area (Å²) in [5, 5.41) is 13.0. The SMILES string of the molecule is COc1cccc(-n2cnc3c2[C@@H](c2ccc(OC)c(O)c2)CC(=O)N3)c1. The van der Waals surface area contributed by atoms with Gasteiger partial charge in [0.1, 0.15) is 12.1 Å². The molecule has 1 atom stereocenters. The lowest BCUT2D eigenvalue weighted by atomic mass is 9.89. The van der Waals surface area contributed by atoms with Gasteiger partial charge in [-0.3, -0.25) is 4.79 Å². The molecule has 4 rings (SSSR count). The maximum absolute atomic E-state index is 12.2. The highest BCUT2D eigenvalue weighted by Crippen LogP contribution is 2.40. The first-order valence-electron chi connectivity index (χ1n) is 8.49. The van der Waals surface area contributed by atoms with E-state index in [4.69, 9.17) is 9.47 Å². The van der Waals surface area contributed by atoms with Crippen LogP contribution in [-0.2, 0) is 4.79 Å². The number of hydrogen-bond donors (Lipinski definition) is 2. The Morgan fingerprint density at radius 1 is 1.19 bits per heavy atom. The zero-order valence-electron chi connectivity index (χ0n) is 15.0. The molecule has 2 heterocycles. The van der Waals surface area contributed by atoms with E-state index in [1.807, 2.05) is 34.9 Å². The first-order valence-corrected chi connectivity index (χ1v) is 8.49. The number of carbonyl (C=O) groups excluding carboxylic acids is 1. The number of hydrogen-bond acceptors (Lipinski definition) is 5. The number of amides is 1. The van der Waals surface area contributed by atoms with Crippen molar-refractivity contribution in [2.45, 2.75) is 12.3 Å². The summed E-state index contributed by atoms with van der Waals surface area (Å²) in [7, 11) is 3.12. The van der Waals surface area contributed by atoms with Crippen LogP contribution >= 0.6 is 0 Å². The third-order valence-corrected chi connectivity index (χ3v) is 4.72. The van der Waals surface area contributed by atoms with Gasteiger partial charge >= 0.3 is 0 Å². The molecule has 2 N–H and O–H groups in total. The van der Waals surface area contributed by atoms with Gasteiger partial charge in [-0.05, 0) is 29.8 Å². The minimum atomic E-state index is -0.251. The van der Waals surface area contributed by atoms with Gasteiger partial charge in [-0.25, -0.2) is 4.98 Å². The van der Waals surface area contributed by atoms with E-state index in [-0.39, 0.29) is 24.0 Å². The van der Waals surface area contributed by atoms with Gasteiger partial charge in [0.2, 0.25) is 5.91 Å². The number of phenols is 1. The fourth-order valence-electron chi connectivity index (χ4n) is 3.42. The molecule has 0 unspecified atom stereocenters. The van der Waals surface area contributed by atoms with Crippen LogP contribution in [-0.4, -0.2) is 34.8 Å². The van der Waals surface area contributed by atoms with Gasteiger partial charge in [-0.2, -0.15) is 0 Å². The monoisotopic (exact) mass is 365 g/mol. The highest BCUT2D eigenvalue weighted by atomic mass is 16.5. The maximum Gasteiger partial charge on any atom is 0.226 e. The molecule has 3 aromatic rings. The topological polar surface area (TPSA) is 85.6 Å². The van der Waals surface area contributed by atoms with Crippen LogP contribution in [0.25, 0.3) is 5.69 Å². The molecule has 7 nitrogen and oxygen atoms in total. The molecular formula is C20H19N3O4. The average molecular weight is 365 g/mol. The van der Waals surface area contributed by atoms with Crippen molar-refractivity contribution in [3.05, 3.63) is 60.0 Å². The summed E-state index contributed by atoms with van der Waals surface area (Å²) in [6, 6.07) is 12.8. The first-order chi connectivity index (χ1) is 13.1. The van der Waals surface area contributed by atoms with Crippen molar-refractivity contribution >= 4 is 11.7 Å². The number of rotatable bonds is 4. The second-order valence-corrected chi connectivity index (χ2v) is 6.29. The third-order valence-electron chi connectivity index (χ3n) is 4.72. The first kappa shape index (κ1) is 17.0. The van der Waals surface area contributed by atoms with Crippen LogP contribution in [0.15, 0.2) is 48.8 Å². The highest BCUT2D eigenvalue weighted by Gasteiger charge is 2.31. The molecule has 0 aliphatic carbocycles. The van der Waals surface area contributed by atoms with E-state index in [1.54, 1.807) is 25.6 Å². The van der Waals surface area contributed by atoms with E-state index in [9.17, 15) is 9.90 Å². The van der Waals surface area contributed by atoms with Crippen LogP contribution in [0.1, 0.15) is 23.6 Å². The van der Waals surface area contributed by atoms with Gasteiger partial charge < -0.3 is 24.5 Å². The van der Waals surface area contributed by atoms with Crippen LogP contribution in [0.2, 0.25) is 0 Å². The number of nitrogens with zero attached hydrogens (tertiary/aromatic N) is 2. The van der Waals surface area contributed by atoms with E-state index in [2.05, 4.69) is 10.3 Å². The van der Waals surface area contributed by atoms with Crippen molar-refractivity contribution in [2.24, 2.45) is 0 Å². The van der Waals surface area contributed by atoms with Crippen LogP contribution in [0.5, 0.6) is 17.2 Å². The number of phenolic OH excluding ortho intramolecular Hbond substituents is 1. The Kier molecular flexibility index (Phi) is 4.19. The summed E-state index contributed by atoms with van der Waals surface area (Å²) in [4.78, 5) is 16.6.